The predicted octanol–water partition coefficient (Wildman–Crippen LogP) is 1.61. The summed E-state index contributed by atoms with van der Waals surface area (Å²) in [6, 6.07) is -0.382. The standard InChI is InChI=1S/C17H31N3O2/c1-3-13(2)16(18)17(22)20-10-6-14(7-11-20)12-15(21)19-8-4-5-9-19/h13-14,16H,3-12,18H2,1-2H3. The summed E-state index contributed by atoms with van der Waals surface area (Å²) in [5, 5.41) is 0. The Kier molecular flexibility index (Phi) is 6.24. The van der Waals surface area contributed by atoms with Crippen molar-refractivity contribution in [2.75, 3.05) is 26.2 Å². The second-order valence-corrected chi connectivity index (χ2v) is 6.97. The predicted molar refractivity (Wildman–Crippen MR) is 87.2 cm³/mol. The molecule has 0 aliphatic carbocycles. The lowest BCUT2D eigenvalue weighted by Gasteiger charge is -2.34. The lowest BCUT2D eigenvalue weighted by molar-refractivity contribution is -0.135. The van der Waals surface area contributed by atoms with E-state index < -0.39 is 0 Å². The van der Waals surface area contributed by atoms with Crippen LogP contribution >= 0.6 is 0 Å². The van der Waals surface area contributed by atoms with E-state index in [1.807, 2.05) is 16.7 Å². The first-order chi connectivity index (χ1) is 10.5. The number of piperidine rings is 1. The molecule has 2 unspecified atom stereocenters. The van der Waals surface area contributed by atoms with E-state index in [-0.39, 0.29) is 17.9 Å². The maximum atomic E-state index is 12.4. The van der Waals surface area contributed by atoms with Crippen LogP contribution in [0.15, 0.2) is 0 Å². The van der Waals surface area contributed by atoms with E-state index in [0.717, 1.165) is 58.3 Å². The molecular weight excluding hydrogens is 278 g/mol. The molecule has 0 radical (unpaired) electrons. The highest BCUT2D eigenvalue weighted by molar-refractivity contribution is 5.82. The minimum absolute atomic E-state index is 0.0821. The molecule has 2 heterocycles. The largest absolute Gasteiger partial charge is 0.343 e. The zero-order chi connectivity index (χ0) is 16.1. The molecule has 0 spiro atoms. The van der Waals surface area contributed by atoms with Crippen LogP contribution in [-0.4, -0.2) is 53.8 Å². The SMILES string of the molecule is CCC(C)C(N)C(=O)N1CCC(CC(=O)N2CCCC2)CC1. The lowest BCUT2D eigenvalue weighted by Crippen LogP contribution is -2.49. The van der Waals surface area contributed by atoms with Crippen molar-refractivity contribution in [1.82, 2.24) is 9.80 Å². The highest BCUT2D eigenvalue weighted by Crippen LogP contribution is 2.23. The molecule has 2 fully saturated rings. The van der Waals surface area contributed by atoms with Gasteiger partial charge in [0.05, 0.1) is 6.04 Å². The van der Waals surface area contributed by atoms with Crippen LogP contribution in [0, 0.1) is 11.8 Å². The summed E-state index contributed by atoms with van der Waals surface area (Å²) in [4.78, 5) is 28.4. The van der Waals surface area contributed by atoms with Crippen LogP contribution in [-0.2, 0) is 9.59 Å². The van der Waals surface area contributed by atoms with E-state index in [1.165, 1.54) is 0 Å². The Hall–Kier alpha value is -1.10. The molecule has 126 valence electrons. The molecule has 0 aromatic carbocycles. The third kappa shape index (κ3) is 4.22. The van der Waals surface area contributed by atoms with E-state index >= 15 is 0 Å². The second kappa shape index (κ2) is 7.95. The van der Waals surface area contributed by atoms with Crippen molar-refractivity contribution in [1.29, 1.82) is 0 Å². The van der Waals surface area contributed by atoms with Crippen molar-refractivity contribution in [2.45, 2.75) is 58.4 Å². The molecule has 2 aliphatic heterocycles. The van der Waals surface area contributed by atoms with Crippen molar-refractivity contribution in [3.8, 4) is 0 Å². The van der Waals surface area contributed by atoms with Crippen LogP contribution in [0.25, 0.3) is 0 Å². The smallest absolute Gasteiger partial charge is 0.239 e. The van der Waals surface area contributed by atoms with Crippen LogP contribution in [0.4, 0.5) is 0 Å². The van der Waals surface area contributed by atoms with Gasteiger partial charge in [0, 0.05) is 32.6 Å². The number of rotatable bonds is 5. The van der Waals surface area contributed by atoms with Gasteiger partial charge in [0.15, 0.2) is 0 Å². The molecular formula is C17H31N3O2. The van der Waals surface area contributed by atoms with Gasteiger partial charge in [0.1, 0.15) is 0 Å². The summed E-state index contributed by atoms with van der Waals surface area (Å²) in [7, 11) is 0. The van der Waals surface area contributed by atoms with Crippen molar-refractivity contribution < 1.29 is 9.59 Å². The molecule has 2 rings (SSSR count). The number of hydrogen-bond acceptors (Lipinski definition) is 3. The van der Waals surface area contributed by atoms with E-state index in [1.54, 1.807) is 0 Å². The highest BCUT2D eigenvalue weighted by Gasteiger charge is 2.30. The number of nitrogens with two attached hydrogens (primary N) is 1. The van der Waals surface area contributed by atoms with E-state index in [0.29, 0.717) is 18.2 Å². The van der Waals surface area contributed by atoms with Crippen LogP contribution in [0.1, 0.15) is 52.4 Å². The quantitative estimate of drug-likeness (QED) is 0.839. The topological polar surface area (TPSA) is 66.6 Å². The molecule has 2 saturated heterocycles. The van der Waals surface area contributed by atoms with Gasteiger partial charge < -0.3 is 15.5 Å². The molecule has 0 saturated carbocycles. The first kappa shape index (κ1) is 17.3. The van der Waals surface area contributed by atoms with Gasteiger partial charge in [-0.15, -0.1) is 0 Å². The fraction of sp³-hybridized carbons (Fsp3) is 0.882. The fourth-order valence-corrected chi connectivity index (χ4v) is 3.41. The third-order valence-corrected chi connectivity index (χ3v) is 5.39. The Labute approximate surface area is 134 Å². The minimum Gasteiger partial charge on any atom is -0.343 e. The van der Waals surface area contributed by atoms with E-state index in [2.05, 4.69) is 6.92 Å². The molecule has 2 aliphatic rings. The molecule has 2 amide bonds. The van der Waals surface area contributed by atoms with E-state index in [9.17, 15) is 9.59 Å². The van der Waals surface area contributed by atoms with Gasteiger partial charge >= 0.3 is 0 Å². The van der Waals surface area contributed by atoms with Crippen LogP contribution in [0.3, 0.4) is 0 Å². The summed E-state index contributed by atoms with van der Waals surface area (Å²) in [6.07, 6.45) is 5.72. The molecule has 5 heteroatoms. The Balaban J connectivity index is 1.75. The van der Waals surface area contributed by atoms with E-state index in [4.69, 9.17) is 5.73 Å². The Morgan fingerprint density at radius 2 is 1.68 bits per heavy atom. The molecule has 2 N–H and O–H groups in total. The Morgan fingerprint density at radius 1 is 1.09 bits per heavy atom. The number of likely N-dealkylation sites (tertiary alicyclic amines) is 2. The van der Waals surface area contributed by atoms with Crippen LogP contribution < -0.4 is 5.73 Å². The molecule has 0 aromatic rings. The van der Waals surface area contributed by atoms with Crippen molar-refractivity contribution in [3.05, 3.63) is 0 Å². The summed E-state index contributed by atoms with van der Waals surface area (Å²) < 4.78 is 0. The molecule has 22 heavy (non-hydrogen) atoms. The van der Waals surface area contributed by atoms with Gasteiger partial charge in [-0.25, -0.2) is 0 Å². The first-order valence-corrected chi connectivity index (χ1v) is 8.85. The number of nitrogens with zero attached hydrogens (tertiary/aromatic N) is 2. The van der Waals surface area contributed by atoms with Crippen LogP contribution in [0.2, 0.25) is 0 Å². The summed E-state index contributed by atoms with van der Waals surface area (Å²) in [5.41, 5.74) is 6.05. The van der Waals surface area contributed by atoms with Gasteiger partial charge in [-0.3, -0.25) is 9.59 Å². The fourth-order valence-electron chi connectivity index (χ4n) is 3.41. The Bertz CT molecular complexity index is 385. The molecule has 0 bridgehead atoms. The second-order valence-electron chi connectivity index (χ2n) is 6.97. The van der Waals surface area contributed by atoms with Gasteiger partial charge in [0.2, 0.25) is 11.8 Å². The molecule has 5 nitrogen and oxygen atoms in total. The maximum absolute atomic E-state index is 12.4. The average molecular weight is 309 g/mol. The van der Waals surface area contributed by atoms with Gasteiger partial charge in [0.25, 0.3) is 0 Å². The number of amides is 2. The molecule has 0 aromatic heterocycles. The third-order valence-electron chi connectivity index (χ3n) is 5.39. The van der Waals surface area contributed by atoms with Crippen molar-refractivity contribution in [3.63, 3.8) is 0 Å². The Morgan fingerprint density at radius 3 is 2.23 bits per heavy atom. The average Bonchev–Trinajstić information content (AvgIpc) is 3.08. The monoisotopic (exact) mass is 309 g/mol. The normalized spacial score (nSPS) is 22.7. The van der Waals surface area contributed by atoms with Gasteiger partial charge in [-0.05, 0) is 37.5 Å². The van der Waals surface area contributed by atoms with Gasteiger partial charge in [-0.2, -0.15) is 0 Å². The number of hydrogen-bond donors (Lipinski definition) is 1. The summed E-state index contributed by atoms with van der Waals surface area (Å²) in [5.74, 6) is 1.04. The highest BCUT2D eigenvalue weighted by atomic mass is 16.2. The zero-order valence-corrected chi connectivity index (χ0v) is 14.1. The van der Waals surface area contributed by atoms with Crippen LogP contribution in [0.5, 0.6) is 0 Å². The zero-order valence-electron chi connectivity index (χ0n) is 14.1. The van der Waals surface area contributed by atoms with Crippen molar-refractivity contribution >= 4 is 11.8 Å². The first-order valence-electron chi connectivity index (χ1n) is 8.85. The maximum Gasteiger partial charge on any atom is 0.239 e. The van der Waals surface area contributed by atoms with Crippen molar-refractivity contribution in [2.24, 2.45) is 17.6 Å². The number of carbonyl (C=O) groups is 2. The summed E-state index contributed by atoms with van der Waals surface area (Å²) in [6.45, 7) is 7.46. The minimum atomic E-state index is -0.382. The molecule has 2 atom stereocenters. The number of carbonyl (C=O) groups excluding carboxylic acids is 2. The summed E-state index contributed by atoms with van der Waals surface area (Å²) >= 11 is 0. The van der Waals surface area contributed by atoms with Gasteiger partial charge in [-0.1, -0.05) is 20.3 Å². The lowest BCUT2D eigenvalue weighted by atomic mass is 9.91.